The van der Waals surface area contributed by atoms with Gasteiger partial charge in [0.15, 0.2) is 0 Å². The van der Waals surface area contributed by atoms with Gasteiger partial charge < -0.3 is 14.6 Å². The summed E-state index contributed by atoms with van der Waals surface area (Å²) in [5.74, 6) is 0.0582. The highest BCUT2D eigenvalue weighted by molar-refractivity contribution is 5.76. The van der Waals surface area contributed by atoms with Gasteiger partial charge in [0.1, 0.15) is 6.54 Å². The zero-order valence-corrected chi connectivity index (χ0v) is 10.5. The molecule has 0 saturated carbocycles. The molecule has 4 heteroatoms. The zero-order chi connectivity index (χ0) is 12.3. The van der Waals surface area contributed by atoms with Crippen molar-refractivity contribution in [2.45, 2.75) is 39.3 Å². The summed E-state index contributed by atoms with van der Waals surface area (Å²) in [7, 11) is 0. The van der Waals surface area contributed by atoms with Crippen molar-refractivity contribution in [3.63, 3.8) is 0 Å². The highest BCUT2D eigenvalue weighted by Crippen LogP contribution is 2.10. The van der Waals surface area contributed by atoms with Gasteiger partial charge in [-0.1, -0.05) is 0 Å². The number of aromatic nitrogens is 1. The number of amides is 1. The first-order valence-corrected chi connectivity index (χ1v) is 6.18. The van der Waals surface area contributed by atoms with E-state index >= 15 is 0 Å². The van der Waals surface area contributed by atoms with Crippen LogP contribution in [0.3, 0.4) is 0 Å². The van der Waals surface area contributed by atoms with Gasteiger partial charge >= 0.3 is 0 Å². The molecule has 1 saturated heterocycles. The quantitative estimate of drug-likeness (QED) is 0.858. The van der Waals surface area contributed by atoms with E-state index in [1.165, 1.54) is 0 Å². The molecule has 1 aliphatic rings. The van der Waals surface area contributed by atoms with Gasteiger partial charge in [-0.25, -0.2) is 0 Å². The maximum Gasteiger partial charge on any atom is 0.240 e. The fourth-order valence-corrected chi connectivity index (χ4v) is 2.18. The Morgan fingerprint density at radius 3 is 2.76 bits per heavy atom. The molecule has 0 bridgehead atoms. The van der Waals surface area contributed by atoms with E-state index in [0.717, 1.165) is 30.8 Å². The Kier molecular flexibility index (Phi) is 3.84. The number of carbonyl (C=O) groups is 1. The fraction of sp³-hybridized carbons (Fsp3) is 0.615. The Bertz CT molecular complexity index is 373. The van der Waals surface area contributed by atoms with E-state index in [4.69, 9.17) is 4.74 Å². The van der Waals surface area contributed by atoms with Gasteiger partial charge in [0.25, 0.3) is 0 Å². The highest BCUT2D eigenvalue weighted by Gasteiger charge is 2.16. The number of ether oxygens (including phenoxy) is 1. The average molecular weight is 236 g/mol. The van der Waals surface area contributed by atoms with Crippen molar-refractivity contribution in [3.8, 4) is 0 Å². The molecule has 0 aliphatic carbocycles. The second-order valence-electron chi connectivity index (χ2n) is 4.64. The first kappa shape index (κ1) is 12.2. The maximum absolute atomic E-state index is 11.8. The second kappa shape index (κ2) is 5.36. The first-order chi connectivity index (χ1) is 8.16. The van der Waals surface area contributed by atoms with Crippen molar-refractivity contribution >= 4 is 5.91 Å². The van der Waals surface area contributed by atoms with E-state index in [9.17, 15) is 4.79 Å². The van der Waals surface area contributed by atoms with Gasteiger partial charge in [0.05, 0.1) is 6.10 Å². The molecule has 0 aromatic carbocycles. The molecule has 1 N–H and O–H groups in total. The standard InChI is InChI=1S/C13H20N2O2/c1-10-5-6-11(2)15(10)9-13(16)14-8-12-4-3-7-17-12/h5-6,12H,3-4,7-9H2,1-2H3,(H,14,16). The number of carbonyl (C=O) groups excluding carboxylic acids is 1. The van der Waals surface area contributed by atoms with Crippen molar-refractivity contribution < 1.29 is 9.53 Å². The molecule has 17 heavy (non-hydrogen) atoms. The van der Waals surface area contributed by atoms with E-state index in [1.54, 1.807) is 0 Å². The summed E-state index contributed by atoms with van der Waals surface area (Å²) in [4.78, 5) is 11.8. The minimum Gasteiger partial charge on any atom is -0.376 e. The van der Waals surface area contributed by atoms with Crippen LogP contribution in [0.15, 0.2) is 12.1 Å². The van der Waals surface area contributed by atoms with E-state index in [0.29, 0.717) is 13.1 Å². The van der Waals surface area contributed by atoms with Crippen molar-refractivity contribution in [1.82, 2.24) is 9.88 Å². The van der Waals surface area contributed by atoms with Gasteiger partial charge in [0.2, 0.25) is 5.91 Å². The van der Waals surface area contributed by atoms with Gasteiger partial charge in [-0.3, -0.25) is 4.79 Å². The van der Waals surface area contributed by atoms with Crippen molar-refractivity contribution in [1.29, 1.82) is 0 Å². The van der Waals surface area contributed by atoms with Crippen molar-refractivity contribution in [2.24, 2.45) is 0 Å². The number of rotatable bonds is 4. The fourth-order valence-electron chi connectivity index (χ4n) is 2.18. The lowest BCUT2D eigenvalue weighted by atomic mass is 10.2. The third-order valence-electron chi connectivity index (χ3n) is 3.27. The Morgan fingerprint density at radius 1 is 1.47 bits per heavy atom. The number of hydrogen-bond acceptors (Lipinski definition) is 2. The molecular formula is C13H20N2O2. The molecule has 1 aromatic rings. The molecule has 1 atom stereocenters. The smallest absolute Gasteiger partial charge is 0.240 e. The van der Waals surface area contributed by atoms with E-state index in [1.807, 2.05) is 30.5 Å². The first-order valence-electron chi connectivity index (χ1n) is 6.18. The summed E-state index contributed by atoms with van der Waals surface area (Å²) in [6, 6.07) is 4.06. The number of hydrogen-bond donors (Lipinski definition) is 1. The van der Waals surface area contributed by atoms with Crippen LogP contribution in [0.25, 0.3) is 0 Å². The van der Waals surface area contributed by atoms with Crippen LogP contribution in [0, 0.1) is 13.8 Å². The SMILES string of the molecule is Cc1ccc(C)n1CC(=O)NCC1CCCO1. The molecule has 4 nitrogen and oxygen atoms in total. The molecule has 1 aromatic heterocycles. The summed E-state index contributed by atoms with van der Waals surface area (Å²) < 4.78 is 7.48. The summed E-state index contributed by atoms with van der Waals surface area (Å²) in [6.07, 6.45) is 2.38. The summed E-state index contributed by atoms with van der Waals surface area (Å²) in [5.41, 5.74) is 2.24. The molecule has 2 rings (SSSR count). The minimum absolute atomic E-state index is 0.0582. The van der Waals surface area contributed by atoms with E-state index in [-0.39, 0.29) is 12.0 Å². The van der Waals surface area contributed by atoms with Crippen molar-refractivity contribution in [3.05, 3.63) is 23.5 Å². The topological polar surface area (TPSA) is 43.3 Å². The number of nitrogens with one attached hydrogen (secondary N) is 1. The van der Waals surface area contributed by atoms with Gasteiger partial charge in [-0.2, -0.15) is 0 Å². The predicted octanol–water partition coefficient (Wildman–Crippen LogP) is 1.40. The lowest BCUT2D eigenvalue weighted by Crippen LogP contribution is -2.34. The lowest BCUT2D eigenvalue weighted by Gasteiger charge is -2.13. The minimum atomic E-state index is 0.0582. The van der Waals surface area contributed by atoms with Gasteiger partial charge in [-0.15, -0.1) is 0 Å². The molecule has 1 fully saturated rings. The van der Waals surface area contributed by atoms with Gasteiger partial charge in [0, 0.05) is 24.5 Å². The van der Waals surface area contributed by atoms with Crippen LogP contribution in [0.2, 0.25) is 0 Å². The van der Waals surface area contributed by atoms with Crippen LogP contribution >= 0.6 is 0 Å². The average Bonchev–Trinajstić information content (AvgIpc) is 2.91. The zero-order valence-electron chi connectivity index (χ0n) is 10.5. The molecule has 94 valence electrons. The third kappa shape index (κ3) is 3.09. The number of nitrogens with zero attached hydrogens (tertiary/aromatic N) is 1. The van der Waals surface area contributed by atoms with Crippen LogP contribution < -0.4 is 5.32 Å². The maximum atomic E-state index is 11.8. The summed E-state index contributed by atoms with van der Waals surface area (Å²) in [6.45, 7) is 5.90. The Morgan fingerprint density at radius 2 is 2.18 bits per heavy atom. The molecule has 0 radical (unpaired) electrons. The van der Waals surface area contributed by atoms with Crippen LogP contribution in [-0.4, -0.2) is 29.7 Å². The molecule has 1 amide bonds. The summed E-state index contributed by atoms with van der Waals surface area (Å²) in [5, 5.41) is 2.93. The largest absolute Gasteiger partial charge is 0.376 e. The van der Waals surface area contributed by atoms with Crippen LogP contribution in [0.4, 0.5) is 0 Å². The second-order valence-corrected chi connectivity index (χ2v) is 4.64. The van der Waals surface area contributed by atoms with Gasteiger partial charge in [-0.05, 0) is 38.8 Å². The van der Waals surface area contributed by atoms with Crippen molar-refractivity contribution in [2.75, 3.05) is 13.2 Å². The lowest BCUT2D eigenvalue weighted by molar-refractivity contribution is -0.122. The Labute approximate surface area is 102 Å². The van der Waals surface area contributed by atoms with Crippen LogP contribution in [0.5, 0.6) is 0 Å². The van der Waals surface area contributed by atoms with Crippen LogP contribution in [0.1, 0.15) is 24.2 Å². The Balaban J connectivity index is 1.80. The highest BCUT2D eigenvalue weighted by atomic mass is 16.5. The third-order valence-corrected chi connectivity index (χ3v) is 3.27. The molecule has 0 spiro atoms. The van der Waals surface area contributed by atoms with Crippen LogP contribution in [-0.2, 0) is 16.1 Å². The monoisotopic (exact) mass is 236 g/mol. The van der Waals surface area contributed by atoms with E-state index < -0.39 is 0 Å². The van der Waals surface area contributed by atoms with E-state index in [2.05, 4.69) is 5.32 Å². The Hall–Kier alpha value is -1.29. The number of aryl methyl sites for hydroxylation is 2. The molecular weight excluding hydrogens is 216 g/mol. The predicted molar refractivity (Wildman–Crippen MR) is 65.9 cm³/mol. The summed E-state index contributed by atoms with van der Waals surface area (Å²) >= 11 is 0. The normalized spacial score (nSPS) is 19.5. The molecule has 1 unspecified atom stereocenters. The molecule has 1 aliphatic heterocycles. The molecule has 2 heterocycles.